The standard InChI is InChI=1S/C32H26N3O2.C11H8N.Ir/c1-18(2)20-9-7-10-21(19(3)4)29(20)35-26-14-6-5-13-25(26)34-32(35)24-12-8-11-22-23-15-16-27-28(33-17-36-27)31(23)37-30(22)24;1-2-6-10(7-3-1)11-8-4-5-9-12-11;/h5-11,13-19H,1-4H3;1-6,8-9H;/q2*-1;. The maximum Gasteiger partial charge on any atom is 0.182 e. The van der Waals surface area contributed by atoms with E-state index in [-0.39, 0.29) is 20.1 Å². The molecule has 50 heavy (non-hydrogen) atoms. The Labute approximate surface area is 304 Å². The monoisotopic (exact) mass is 831 g/mol. The molecule has 9 rings (SSSR count). The molecule has 0 saturated carbocycles. The van der Waals surface area contributed by atoms with Crippen molar-refractivity contribution in [2.24, 2.45) is 0 Å². The third-order valence-corrected chi connectivity index (χ3v) is 8.90. The minimum atomic E-state index is 0. The molecule has 7 heteroatoms. The molecule has 0 unspecified atom stereocenters. The normalized spacial score (nSPS) is 11.4. The van der Waals surface area contributed by atoms with Gasteiger partial charge in [0.2, 0.25) is 0 Å². The summed E-state index contributed by atoms with van der Waals surface area (Å²) in [7, 11) is 0. The molecule has 6 nitrogen and oxygen atoms in total. The van der Waals surface area contributed by atoms with Crippen LogP contribution in [0.5, 0.6) is 0 Å². The van der Waals surface area contributed by atoms with Crippen LogP contribution in [-0.4, -0.2) is 19.5 Å². The molecule has 4 heterocycles. The van der Waals surface area contributed by atoms with Gasteiger partial charge in [-0.1, -0.05) is 81.1 Å². The molecule has 0 aliphatic carbocycles. The van der Waals surface area contributed by atoms with Crippen molar-refractivity contribution in [1.82, 2.24) is 19.5 Å². The molecule has 4 aromatic heterocycles. The Morgan fingerprint density at radius 3 is 2.18 bits per heavy atom. The van der Waals surface area contributed by atoms with Crippen molar-refractivity contribution >= 4 is 44.1 Å². The number of oxazole rings is 1. The van der Waals surface area contributed by atoms with Crippen molar-refractivity contribution in [2.75, 3.05) is 0 Å². The molecule has 9 aromatic rings. The summed E-state index contributed by atoms with van der Waals surface area (Å²) < 4.78 is 14.4. The fourth-order valence-corrected chi connectivity index (χ4v) is 6.56. The van der Waals surface area contributed by atoms with Gasteiger partial charge in [-0.05, 0) is 59.0 Å². The Kier molecular flexibility index (Phi) is 9.19. The van der Waals surface area contributed by atoms with Gasteiger partial charge in [0.15, 0.2) is 23.1 Å². The van der Waals surface area contributed by atoms with Crippen LogP contribution in [-0.2, 0) is 20.1 Å². The molecule has 0 aliphatic heterocycles. The van der Waals surface area contributed by atoms with E-state index in [0.29, 0.717) is 17.4 Å². The molecule has 0 saturated heterocycles. The van der Waals surface area contributed by atoms with Gasteiger partial charge in [0.05, 0.1) is 22.4 Å². The molecule has 0 bridgehead atoms. The summed E-state index contributed by atoms with van der Waals surface area (Å²) in [5.41, 5.74) is 11.5. The quantitative estimate of drug-likeness (QED) is 0.162. The van der Waals surface area contributed by atoms with Gasteiger partial charge in [-0.2, -0.15) is 0 Å². The van der Waals surface area contributed by atoms with Gasteiger partial charge in [0.1, 0.15) is 0 Å². The van der Waals surface area contributed by atoms with Crippen LogP contribution in [0.4, 0.5) is 0 Å². The molecule has 0 N–H and O–H groups in total. The van der Waals surface area contributed by atoms with E-state index in [0.717, 1.165) is 61.1 Å². The number of hydrogen-bond acceptors (Lipinski definition) is 5. The number of fused-ring (bicyclic) bond motifs is 6. The van der Waals surface area contributed by atoms with Crippen molar-refractivity contribution in [2.45, 2.75) is 39.5 Å². The largest absolute Gasteiger partial charge is 0.498 e. The van der Waals surface area contributed by atoms with E-state index >= 15 is 0 Å². The third-order valence-electron chi connectivity index (χ3n) is 8.90. The van der Waals surface area contributed by atoms with E-state index in [4.69, 9.17) is 13.8 Å². The van der Waals surface area contributed by atoms with Crippen LogP contribution in [0.3, 0.4) is 0 Å². The van der Waals surface area contributed by atoms with Gasteiger partial charge in [-0.15, -0.1) is 54.1 Å². The molecule has 0 aliphatic rings. The molecule has 0 spiro atoms. The van der Waals surface area contributed by atoms with Crippen LogP contribution in [0.1, 0.15) is 50.7 Å². The maximum atomic E-state index is 6.54. The fraction of sp³-hybridized carbons (Fsp3) is 0.140. The third kappa shape index (κ3) is 5.83. The zero-order chi connectivity index (χ0) is 33.5. The molecule has 0 amide bonds. The van der Waals surface area contributed by atoms with Crippen LogP contribution in [0, 0.1) is 12.1 Å². The summed E-state index contributed by atoms with van der Waals surface area (Å²) in [6.45, 7) is 8.99. The number of pyridine rings is 1. The molecule has 0 atom stereocenters. The number of nitrogens with zero attached hydrogens (tertiary/aromatic N) is 4. The van der Waals surface area contributed by atoms with Crippen molar-refractivity contribution in [3.05, 3.63) is 145 Å². The Hall–Kier alpha value is -5.36. The number of aromatic nitrogens is 4. The van der Waals surface area contributed by atoms with Gasteiger partial charge in [-0.25, -0.2) is 4.98 Å². The van der Waals surface area contributed by atoms with Crippen LogP contribution < -0.4 is 0 Å². The number of benzene rings is 5. The molecule has 1 radical (unpaired) electrons. The average molecular weight is 831 g/mol. The summed E-state index contributed by atoms with van der Waals surface area (Å²) in [6.07, 6.45) is 3.25. The van der Waals surface area contributed by atoms with Gasteiger partial charge in [0, 0.05) is 37.4 Å². The second kappa shape index (κ2) is 13.9. The summed E-state index contributed by atoms with van der Waals surface area (Å²) in [4.78, 5) is 13.8. The van der Waals surface area contributed by atoms with Crippen LogP contribution >= 0.6 is 0 Å². The second-order valence-corrected chi connectivity index (χ2v) is 12.7. The summed E-state index contributed by atoms with van der Waals surface area (Å²) in [5, 5.41) is 2.01. The summed E-state index contributed by atoms with van der Waals surface area (Å²) >= 11 is 0. The number of furan rings is 1. The first-order valence-electron chi connectivity index (χ1n) is 16.6. The zero-order valence-electron chi connectivity index (χ0n) is 28.1. The van der Waals surface area contributed by atoms with Crippen LogP contribution in [0.2, 0.25) is 0 Å². The van der Waals surface area contributed by atoms with Crippen molar-refractivity contribution in [3.63, 3.8) is 0 Å². The van der Waals surface area contributed by atoms with E-state index in [2.05, 4.69) is 90.8 Å². The number of hydrogen-bond donors (Lipinski definition) is 0. The van der Waals surface area contributed by atoms with Gasteiger partial charge >= 0.3 is 0 Å². The summed E-state index contributed by atoms with van der Waals surface area (Å²) in [5.74, 6) is 1.50. The van der Waals surface area contributed by atoms with Crippen molar-refractivity contribution in [1.29, 1.82) is 0 Å². The number of para-hydroxylation sites is 3. The van der Waals surface area contributed by atoms with Gasteiger partial charge in [0.25, 0.3) is 0 Å². The predicted molar refractivity (Wildman–Crippen MR) is 197 cm³/mol. The average Bonchev–Trinajstić information content (AvgIpc) is 3.87. The number of rotatable bonds is 5. The molecular formula is C43H34IrN4O2-2. The fourth-order valence-electron chi connectivity index (χ4n) is 6.56. The molecule has 5 aromatic carbocycles. The Morgan fingerprint density at radius 2 is 1.44 bits per heavy atom. The Bertz CT molecular complexity index is 2500. The van der Waals surface area contributed by atoms with E-state index in [1.165, 1.54) is 23.2 Å². The molecular weight excluding hydrogens is 797 g/mol. The molecule has 249 valence electrons. The first-order valence-corrected chi connectivity index (χ1v) is 16.6. The topological polar surface area (TPSA) is 69.9 Å². The van der Waals surface area contributed by atoms with Gasteiger partial charge < -0.3 is 18.4 Å². The Balaban J connectivity index is 0.000000255. The van der Waals surface area contributed by atoms with Crippen molar-refractivity contribution in [3.8, 4) is 28.3 Å². The first-order chi connectivity index (χ1) is 24.0. The second-order valence-electron chi connectivity index (χ2n) is 12.7. The van der Waals surface area contributed by atoms with Gasteiger partial charge in [-0.3, -0.25) is 4.98 Å². The first kappa shape index (κ1) is 33.2. The SMILES string of the molecule is CC(C)c1cccc(C(C)C)c1-n1c(-c2[c-]ccc3c2oc2c3ccc3ocnc32)nc2ccccc21.[Ir].[c-]1ccccc1-c1ccccn1. The predicted octanol–water partition coefficient (Wildman–Crippen LogP) is 11.3. The number of imidazole rings is 1. The van der Waals surface area contributed by atoms with Crippen LogP contribution in [0.15, 0.2) is 131 Å². The zero-order valence-corrected chi connectivity index (χ0v) is 30.5. The summed E-state index contributed by atoms with van der Waals surface area (Å²) in [6, 6.07) is 43.2. The van der Waals surface area contributed by atoms with Crippen LogP contribution in [0.25, 0.3) is 72.4 Å². The minimum Gasteiger partial charge on any atom is -0.498 e. The maximum absolute atomic E-state index is 6.54. The smallest absolute Gasteiger partial charge is 0.182 e. The van der Waals surface area contributed by atoms with E-state index in [9.17, 15) is 0 Å². The Morgan fingerprint density at radius 1 is 0.680 bits per heavy atom. The van der Waals surface area contributed by atoms with Crippen molar-refractivity contribution < 1.29 is 28.9 Å². The van der Waals surface area contributed by atoms with E-state index in [1.807, 2.05) is 72.8 Å². The minimum absolute atomic E-state index is 0. The van der Waals surface area contributed by atoms with E-state index < -0.39 is 0 Å². The molecule has 0 fully saturated rings. The van der Waals surface area contributed by atoms with E-state index in [1.54, 1.807) is 6.20 Å².